The summed E-state index contributed by atoms with van der Waals surface area (Å²) < 4.78 is 0. The molecule has 0 radical (unpaired) electrons. The number of thioether (sulfide) groups is 1. The lowest BCUT2D eigenvalue weighted by Crippen LogP contribution is -2.07. The number of ketones is 2. The van der Waals surface area contributed by atoms with E-state index in [0.29, 0.717) is 21.2 Å². The number of allylic oxidation sites excluding steroid dienone is 1. The molecule has 0 atom stereocenters. The Morgan fingerprint density at radius 3 is 2.00 bits per heavy atom. The van der Waals surface area contributed by atoms with Crippen LogP contribution in [0, 0.1) is 0 Å². The van der Waals surface area contributed by atoms with Gasteiger partial charge >= 0.3 is 0 Å². The van der Waals surface area contributed by atoms with E-state index in [1.165, 1.54) is 17.8 Å². The van der Waals surface area contributed by atoms with Crippen molar-refractivity contribution in [3.63, 3.8) is 0 Å². The summed E-state index contributed by atoms with van der Waals surface area (Å²) >= 11 is 7.23. The van der Waals surface area contributed by atoms with Gasteiger partial charge in [-0.2, -0.15) is 0 Å². The standard InChI is InChI=1S/C23H18ClNO2S/c24-19-11-13-20(14-12-19)25-23(15-21(26)17-7-3-1-4-8-17)28-16-22(27)18-9-5-2-6-10-18/h1-15,25H,16H2. The molecule has 3 aromatic carbocycles. The molecule has 0 aliphatic carbocycles. The summed E-state index contributed by atoms with van der Waals surface area (Å²) in [5.41, 5.74) is 2.03. The Morgan fingerprint density at radius 1 is 0.821 bits per heavy atom. The number of Topliss-reactive ketones (excluding diaryl/α,β-unsaturated/α-hetero) is 1. The van der Waals surface area contributed by atoms with E-state index >= 15 is 0 Å². The quantitative estimate of drug-likeness (QED) is 0.362. The molecular formula is C23H18ClNO2S. The van der Waals surface area contributed by atoms with Gasteiger partial charge in [-0.25, -0.2) is 0 Å². The number of hydrogen-bond donors (Lipinski definition) is 1. The van der Waals surface area contributed by atoms with Crippen LogP contribution in [-0.2, 0) is 0 Å². The summed E-state index contributed by atoms with van der Waals surface area (Å²) in [6.45, 7) is 0. The molecule has 3 nitrogen and oxygen atoms in total. The van der Waals surface area contributed by atoms with Crippen LogP contribution in [0.4, 0.5) is 5.69 Å². The SMILES string of the molecule is O=C(C=C(Nc1ccc(Cl)cc1)SCC(=O)c1ccccc1)c1ccccc1. The van der Waals surface area contributed by atoms with Gasteiger partial charge < -0.3 is 5.32 Å². The first kappa shape index (κ1) is 19.9. The molecule has 0 spiro atoms. The van der Waals surface area contributed by atoms with Gasteiger partial charge in [-0.15, -0.1) is 11.8 Å². The highest BCUT2D eigenvalue weighted by Gasteiger charge is 2.10. The monoisotopic (exact) mass is 407 g/mol. The number of nitrogens with one attached hydrogen (secondary N) is 1. The first-order valence-electron chi connectivity index (χ1n) is 8.66. The van der Waals surface area contributed by atoms with Crippen molar-refractivity contribution >= 4 is 40.6 Å². The molecule has 28 heavy (non-hydrogen) atoms. The van der Waals surface area contributed by atoms with E-state index in [9.17, 15) is 9.59 Å². The maximum atomic E-state index is 12.6. The normalized spacial score (nSPS) is 11.1. The predicted molar refractivity (Wildman–Crippen MR) is 117 cm³/mol. The van der Waals surface area contributed by atoms with Crippen molar-refractivity contribution in [2.45, 2.75) is 0 Å². The van der Waals surface area contributed by atoms with Crippen LogP contribution in [0.1, 0.15) is 20.7 Å². The molecule has 0 heterocycles. The van der Waals surface area contributed by atoms with Crippen LogP contribution in [0.3, 0.4) is 0 Å². The maximum Gasteiger partial charge on any atom is 0.188 e. The molecular weight excluding hydrogens is 390 g/mol. The third kappa shape index (κ3) is 5.84. The average Bonchev–Trinajstić information content (AvgIpc) is 2.74. The van der Waals surface area contributed by atoms with Crippen LogP contribution >= 0.6 is 23.4 Å². The summed E-state index contributed by atoms with van der Waals surface area (Å²) in [7, 11) is 0. The third-order valence-corrected chi connectivity index (χ3v) is 5.08. The Balaban J connectivity index is 1.77. The van der Waals surface area contributed by atoms with Crippen molar-refractivity contribution in [1.82, 2.24) is 0 Å². The van der Waals surface area contributed by atoms with Crippen molar-refractivity contribution < 1.29 is 9.59 Å². The van der Waals surface area contributed by atoms with Crippen molar-refractivity contribution in [2.24, 2.45) is 0 Å². The summed E-state index contributed by atoms with van der Waals surface area (Å²) in [6, 6.07) is 25.3. The van der Waals surface area contributed by atoms with Gasteiger partial charge in [0.2, 0.25) is 0 Å². The fourth-order valence-electron chi connectivity index (χ4n) is 2.44. The van der Waals surface area contributed by atoms with Crippen LogP contribution in [0.25, 0.3) is 0 Å². The Bertz CT molecular complexity index is 971. The number of hydrogen-bond acceptors (Lipinski definition) is 4. The minimum atomic E-state index is -0.128. The molecule has 0 aliphatic rings. The molecule has 0 amide bonds. The van der Waals surface area contributed by atoms with Gasteiger partial charge in [-0.3, -0.25) is 9.59 Å². The number of carbonyl (C=O) groups is 2. The van der Waals surface area contributed by atoms with E-state index in [0.717, 1.165) is 5.69 Å². The number of benzene rings is 3. The van der Waals surface area contributed by atoms with Gasteiger partial charge in [0.05, 0.1) is 10.8 Å². The topological polar surface area (TPSA) is 46.2 Å². The van der Waals surface area contributed by atoms with Gasteiger partial charge in [0.25, 0.3) is 0 Å². The third-order valence-electron chi connectivity index (χ3n) is 3.89. The van der Waals surface area contributed by atoms with E-state index in [1.54, 1.807) is 36.4 Å². The van der Waals surface area contributed by atoms with Gasteiger partial charge in [0.15, 0.2) is 11.6 Å². The molecule has 5 heteroatoms. The Kier molecular flexibility index (Phi) is 7.06. The molecule has 0 unspecified atom stereocenters. The second kappa shape index (κ2) is 9.93. The van der Waals surface area contributed by atoms with Gasteiger partial charge in [0.1, 0.15) is 0 Å². The molecule has 0 saturated carbocycles. The molecule has 3 aromatic rings. The van der Waals surface area contributed by atoms with Crippen LogP contribution < -0.4 is 5.32 Å². The van der Waals surface area contributed by atoms with Crippen molar-refractivity contribution in [2.75, 3.05) is 11.1 Å². The zero-order valence-electron chi connectivity index (χ0n) is 15.0. The summed E-state index contributed by atoms with van der Waals surface area (Å²) in [5.74, 6) is 0.0942. The van der Waals surface area contributed by atoms with Crippen molar-refractivity contribution in [3.05, 3.63) is 112 Å². The number of rotatable bonds is 8. The highest BCUT2D eigenvalue weighted by Crippen LogP contribution is 2.23. The number of halogens is 1. The highest BCUT2D eigenvalue weighted by molar-refractivity contribution is 8.03. The van der Waals surface area contributed by atoms with E-state index < -0.39 is 0 Å². The Morgan fingerprint density at radius 2 is 1.39 bits per heavy atom. The van der Waals surface area contributed by atoms with Gasteiger partial charge in [-0.1, -0.05) is 72.3 Å². The zero-order chi connectivity index (χ0) is 19.8. The highest BCUT2D eigenvalue weighted by atomic mass is 35.5. The smallest absolute Gasteiger partial charge is 0.188 e. The predicted octanol–water partition coefficient (Wildman–Crippen LogP) is 6.09. The Hall–Kier alpha value is -2.82. The average molecular weight is 408 g/mol. The minimum absolute atomic E-state index is 0.00145. The molecule has 3 rings (SSSR count). The van der Waals surface area contributed by atoms with E-state index in [4.69, 9.17) is 11.6 Å². The maximum absolute atomic E-state index is 12.6. The summed E-state index contributed by atoms with van der Waals surface area (Å²) in [4.78, 5) is 25.0. The van der Waals surface area contributed by atoms with Gasteiger partial charge in [-0.05, 0) is 24.3 Å². The van der Waals surface area contributed by atoms with E-state index in [-0.39, 0.29) is 17.3 Å². The van der Waals surface area contributed by atoms with Gasteiger partial charge in [0, 0.05) is 27.9 Å². The fraction of sp³-hybridized carbons (Fsp3) is 0.0435. The first-order chi connectivity index (χ1) is 13.6. The van der Waals surface area contributed by atoms with Crippen molar-refractivity contribution in [1.29, 1.82) is 0 Å². The lowest BCUT2D eigenvalue weighted by Gasteiger charge is -2.11. The molecule has 0 bridgehead atoms. The van der Waals surface area contributed by atoms with Crippen molar-refractivity contribution in [3.8, 4) is 0 Å². The molecule has 140 valence electrons. The lowest BCUT2D eigenvalue weighted by atomic mass is 10.1. The summed E-state index contributed by atoms with van der Waals surface area (Å²) in [5, 5.41) is 4.43. The second-order valence-electron chi connectivity index (χ2n) is 5.95. The molecule has 1 N–H and O–H groups in total. The minimum Gasteiger partial charge on any atom is -0.350 e. The number of anilines is 1. The molecule has 0 fully saturated rings. The van der Waals surface area contributed by atoms with Crippen LogP contribution in [0.2, 0.25) is 5.02 Å². The molecule has 0 aliphatic heterocycles. The van der Waals surface area contributed by atoms with E-state index in [1.807, 2.05) is 48.5 Å². The fourth-order valence-corrected chi connectivity index (χ4v) is 3.40. The van der Waals surface area contributed by atoms with Crippen LogP contribution in [0.15, 0.2) is 96.0 Å². The first-order valence-corrected chi connectivity index (χ1v) is 10.0. The van der Waals surface area contributed by atoms with Crippen LogP contribution in [0.5, 0.6) is 0 Å². The summed E-state index contributed by atoms with van der Waals surface area (Å²) in [6.07, 6.45) is 1.52. The largest absolute Gasteiger partial charge is 0.350 e. The molecule has 0 saturated heterocycles. The zero-order valence-corrected chi connectivity index (χ0v) is 16.5. The van der Waals surface area contributed by atoms with Crippen LogP contribution in [-0.4, -0.2) is 17.3 Å². The number of carbonyl (C=O) groups excluding carboxylic acids is 2. The molecule has 0 aromatic heterocycles. The Labute approximate surface area is 173 Å². The second-order valence-corrected chi connectivity index (χ2v) is 7.40. The lowest BCUT2D eigenvalue weighted by molar-refractivity contribution is 0.101. The van der Waals surface area contributed by atoms with E-state index in [2.05, 4.69) is 5.32 Å².